The first kappa shape index (κ1) is 16.1. The maximum atomic E-state index is 11.5. The molecule has 0 aliphatic carbocycles. The average Bonchev–Trinajstić information content (AvgIpc) is 2.39. The van der Waals surface area contributed by atoms with Gasteiger partial charge in [0.15, 0.2) is 0 Å². The van der Waals surface area contributed by atoms with Crippen LogP contribution >= 0.6 is 23.2 Å². The van der Waals surface area contributed by atoms with Crippen molar-refractivity contribution in [1.82, 2.24) is 5.32 Å². The number of anilines is 1. The first-order valence-corrected chi connectivity index (χ1v) is 7.34. The summed E-state index contributed by atoms with van der Waals surface area (Å²) < 4.78 is 0. The zero-order valence-corrected chi connectivity index (χ0v) is 12.7. The lowest BCUT2D eigenvalue weighted by Gasteiger charge is -2.09. The van der Waals surface area contributed by atoms with Crippen LogP contribution in [0.1, 0.15) is 32.6 Å². The van der Waals surface area contributed by atoms with Crippen LogP contribution in [0.4, 0.5) is 5.69 Å². The maximum Gasteiger partial charge on any atom is 0.221 e. The van der Waals surface area contributed by atoms with Gasteiger partial charge in [0.25, 0.3) is 0 Å². The molecule has 0 saturated heterocycles. The Hall–Kier alpha value is -0.930. The van der Waals surface area contributed by atoms with Gasteiger partial charge in [-0.3, -0.25) is 4.79 Å². The van der Waals surface area contributed by atoms with Gasteiger partial charge in [0.05, 0.1) is 10.7 Å². The molecule has 1 aromatic rings. The molecule has 0 aliphatic heterocycles. The molecular weight excluding hydrogens is 283 g/mol. The van der Waals surface area contributed by atoms with Crippen LogP contribution in [-0.4, -0.2) is 19.0 Å². The Balaban J connectivity index is 2.22. The summed E-state index contributed by atoms with van der Waals surface area (Å²) in [5, 5.41) is 7.23. The average molecular weight is 303 g/mol. The van der Waals surface area contributed by atoms with Gasteiger partial charge in [-0.1, -0.05) is 43.0 Å². The van der Waals surface area contributed by atoms with Crippen molar-refractivity contribution in [1.29, 1.82) is 0 Å². The highest BCUT2D eigenvalue weighted by Crippen LogP contribution is 2.25. The number of carbonyl (C=O) groups is 1. The minimum atomic E-state index is 0.0572. The second-order valence-electron chi connectivity index (χ2n) is 4.36. The highest BCUT2D eigenvalue weighted by molar-refractivity contribution is 6.35. The molecule has 0 aliphatic rings. The van der Waals surface area contributed by atoms with Crippen molar-refractivity contribution < 1.29 is 4.79 Å². The van der Waals surface area contributed by atoms with Crippen molar-refractivity contribution in [2.75, 3.05) is 18.4 Å². The third-order valence-electron chi connectivity index (χ3n) is 2.70. The lowest BCUT2D eigenvalue weighted by atomic mass is 10.2. The predicted molar refractivity (Wildman–Crippen MR) is 82.1 cm³/mol. The molecule has 2 N–H and O–H groups in total. The number of rotatable bonds is 8. The Kier molecular flexibility index (Phi) is 7.68. The summed E-state index contributed by atoms with van der Waals surface area (Å²) in [7, 11) is 0. The van der Waals surface area contributed by atoms with E-state index in [1.54, 1.807) is 18.2 Å². The van der Waals surface area contributed by atoms with Crippen molar-refractivity contribution in [3.8, 4) is 0 Å². The van der Waals surface area contributed by atoms with Crippen molar-refractivity contribution >= 4 is 34.8 Å². The Morgan fingerprint density at radius 1 is 1.21 bits per heavy atom. The molecule has 0 radical (unpaired) electrons. The predicted octanol–water partition coefficient (Wildman–Crippen LogP) is 4.10. The van der Waals surface area contributed by atoms with Crippen molar-refractivity contribution in [3.05, 3.63) is 28.2 Å². The Bertz CT molecular complexity index is 410. The van der Waals surface area contributed by atoms with E-state index in [2.05, 4.69) is 17.6 Å². The number of amides is 1. The first-order chi connectivity index (χ1) is 9.13. The van der Waals surface area contributed by atoms with Crippen molar-refractivity contribution in [2.24, 2.45) is 0 Å². The molecule has 0 saturated carbocycles. The van der Waals surface area contributed by atoms with E-state index in [1.807, 2.05) is 0 Å². The molecule has 3 nitrogen and oxygen atoms in total. The van der Waals surface area contributed by atoms with Gasteiger partial charge in [0.2, 0.25) is 5.91 Å². The molecule has 0 heterocycles. The van der Waals surface area contributed by atoms with Crippen LogP contribution in [0.3, 0.4) is 0 Å². The van der Waals surface area contributed by atoms with Gasteiger partial charge in [0.1, 0.15) is 0 Å². The monoisotopic (exact) mass is 302 g/mol. The van der Waals surface area contributed by atoms with Gasteiger partial charge in [-0.15, -0.1) is 0 Å². The van der Waals surface area contributed by atoms with Crippen LogP contribution in [0.2, 0.25) is 10.0 Å². The number of hydrogen-bond donors (Lipinski definition) is 2. The second-order valence-corrected chi connectivity index (χ2v) is 5.20. The molecular formula is C14H20Cl2N2O. The summed E-state index contributed by atoms with van der Waals surface area (Å²) >= 11 is 11.9. The van der Waals surface area contributed by atoms with Crippen LogP contribution in [0.15, 0.2) is 18.2 Å². The van der Waals surface area contributed by atoms with E-state index in [-0.39, 0.29) is 5.91 Å². The summed E-state index contributed by atoms with van der Waals surface area (Å²) in [6, 6.07) is 5.22. The molecule has 0 fully saturated rings. The summed E-state index contributed by atoms with van der Waals surface area (Å²) in [4.78, 5) is 11.5. The summed E-state index contributed by atoms with van der Waals surface area (Å²) in [6.45, 7) is 3.44. The SMILES string of the molecule is CCCCCNC(=O)CCNc1cc(Cl)ccc1Cl. The molecule has 106 valence electrons. The highest BCUT2D eigenvalue weighted by atomic mass is 35.5. The fourth-order valence-electron chi connectivity index (χ4n) is 1.63. The molecule has 19 heavy (non-hydrogen) atoms. The van der Waals surface area contributed by atoms with Crippen LogP contribution in [0.5, 0.6) is 0 Å². The number of benzene rings is 1. The van der Waals surface area contributed by atoms with Gasteiger partial charge in [-0.25, -0.2) is 0 Å². The van der Waals surface area contributed by atoms with E-state index < -0.39 is 0 Å². The zero-order chi connectivity index (χ0) is 14.1. The normalized spacial score (nSPS) is 10.3. The molecule has 5 heteroatoms. The molecule has 1 aromatic carbocycles. The van der Waals surface area contributed by atoms with E-state index in [4.69, 9.17) is 23.2 Å². The van der Waals surface area contributed by atoms with Crippen LogP contribution in [0, 0.1) is 0 Å². The molecule has 0 atom stereocenters. The van der Waals surface area contributed by atoms with Gasteiger partial charge in [-0.2, -0.15) is 0 Å². The molecule has 0 bridgehead atoms. The summed E-state index contributed by atoms with van der Waals surface area (Å²) in [6.07, 6.45) is 3.77. The van der Waals surface area contributed by atoms with Gasteiger partial charge < -0.3 is 10.6 Å². The smallest absolute Gasteiger partial charge is 0.221 e. The van der Waals surface area contributed by atoms with Gasteiger partial charge in [0, 0.05) is 24.5 Å². The van der Waals surface area contributed by atoms with Crippen LogP contribution < -0.4 is 10.6 Å². The van der Waals surface area contributed by atoms with E-state index in [9.17, 15) is 4.79 Å². The van der Waals surface area contributed by atoms with Gasteiger partial charge >= 0.3 is 0 Å². The molecule has 0 aromatic heterocycles. The van der Waals surface area contributed by atoms with E-state index in [0.29, 0.717) is 23.0 Å². The maximum absolute atomic E-state index is 11.5. The Morgan fingerprint density at radius 3 is 2.74 bits per heavy atom. The number of carbonyl (C=O) groups excluding carboxylic acids is 1. The number of hydrogen-bond acceptors (Lipinski definition) is 2. The number of unbranched alkanes of at least 4 members (excludes halogenated alkanes) is 2. The standard InChI is InChI=1S/C14H20Cl2N2O/c1-2-3-4-8-18-14(19)7-9-17-13-10-11(15)5-6-12(13)16/h5-6,10,17H,2-4,7-9H2,1H3,(H,18,19). The highest BCUT2D eigenvalue weighted by Gasteiger charge is 2.03. The number of nitrogens with one attached hydrogen (secondary N) is 2. The van der Waals surface area contributed by atoms with E-state index >= 15 is 0 Å². The van der Waals surface area contributed by atoms with E-state index in [1.165, 1.54) is 0 Å². The Morgan fingerprint density at radius 2 is 2.00 bits per heavy atom. The minimum absolute atomic E-state index is 0.0572. The fourth-order valence-corrected chi connectivity index (χ4v) is 1.99. The Labute approximate surface area is 124 Å². The molecule has 0 unspecified atom stereocenters. The second kappa shape index (κ2) is 9.05. The van der Waals surface area contributed by atoms with Gasteiger partial charge in [-0.05, 0) is 24.6 Å². The lowest BCUT2D eigenvalue weighted by Crippen LogP contribution is -2.26. The largest absolute Gasteiger partial charge is 0.383 e. The third-order valence-corrected chi connectivity index (χ3v) is 3.26. The van der Waals surface area contributed by atoms with E-state index in [0.717, 1.165) is 31.5 Å². The fraction of sp³-hybridized carbons (Fsp3) is 0.500. The quantitative estimate of drug-likeness (QED) is 0.710. The van der Waals surface area contributed by atoms with Crippen molar-refractivity contribution in [3.63, 3.8) is 0 Å². The van der Waals surface area contributed by atoms with Crippen molar-refractivity contribution in [2.45, 2.75) is 32.6 Å². The van der Waals surface area contributed by atoms with Crippen LogP contribution in [0.25, 0.3) is 0 Å². The minimum Gasteiger partial charge on any atom is -0.383 e. The topological polar surface area (TPSA) is 41.1 Å². The third kappa shape index (κ3) is 6.69. The summed E-state index contributed by atoms with van der Waals surface area (Å²) in [5.41, 5.74) is 0.757. The summed E-state index contributed by atoms with van der Waals surface area (Å²) in [5.74, 6) is 0.0572. The lowest BCUT2D eigenvalue weighted by molar-refractivity contribution is -0.120. The zero-order valence-electron chi connectivity index (χ0n) is 11.1. The van der Waals surface area contributed by atoms with Crippen LogP contribution in [-0.2, 0) is 4.79 Å². The molecule has 1 rings (SSSR count). The molecule has 0 spiro atoms. The molecule has 1 amide bonds. The first-order valence-electron chi connectivity index (χ1n) is 6.59. The number of halogens is 2.